The molecule has 0 aromatic rings. The Kier molecular flexibility index (Phi) is 6.20. The third-order valence-corrected chi connectivity index (χ3v) is 4.41. The Labute approximate surface area is 136 Å². The first-order valence-corrected chi connectivity index (χ1v) is 7.63. The maximum atomic E-state index is 10.1. The van der Waals surface area contributed by atoms with Crippen molar-refractivity contribution in [2.75, 3.05) is 19.0 Å². The van der Waals surface area contributed by atoms with Gasteiger partial charge in [-0.1, -0.05) is 0 Å². The SMILES string of the molecule is NC[C@@]1(O[C@H]2O[C@H](CO)[C@@H](O)[C@H](O)[C@H]2O)O[C@H](CCl)[C@@H](O)[C@@H]1O. The van der Waals surface area contributed by atoms with Crippen molar-refractivity contribution in [1.29, 1.82) is 0 Å². The van der Waals surface area contributed by atoms with Gasteiger partial charge in [0, 0.05) is 0 Å². The van der Waals surface area contributed by atoms with Crippen LogP contribution in [0, 0.1) is 0 Å². The standard InChI is InChI=1S/C12H22ClNO9/c13-1-4-7(17)10(20)12(3-14,22-4)23-11-9(19)8(18)6(16)5(2-15)21-11/h4-11,15-20H,1-3,14H2/t4-,5-,6-,7-,8+,9-,10+,11-,12+/m1/s1. The van der Waals surface area contributed by atoms with Crippen LogP contribution in [-0.4, -0.2) is 104 Å². The van der Waals surface area contributed by atoms with Crippen LogP contribution in [0.4, 0.5) is 0 Å². The molecule has 2 aliphatic rings. The highest BCUT2D eigenvalue weighted by molar-refractivity contribution is 6.18. The highest BCUT2D eigenvalue weighted by Crippen LogP contribution is 2.35. The van der Waals surface area contributed by atoms with Crippen molar-refractivity contribution in [3.05, 3.63) is 0 Å². The Morgan fingerprint density at radius 1 is 1.00 bits per heavy atom. The predicted molar refractivity (Wildman–Crippen MR) is 74.2 cm³/mol. The van der Waals surface area contributed by atoms with Crippen molar-refractivity contribution in [1.82, 2.24) is 0 Å². The molecule has 0 bridgehead atoms. The van der Waals surface area contributed by atoms with Crippen molar-refractivity contribution in [2.45, 2.75) is 54.8 Å². The van der Waals surface area contributed by atoms with E-state index in [1.54, 1.807) is 0 Å². The zero-order chi connectivity index (χ0) is 17.4. The second kappa shape index (κ2) is 7.42. The van der Waals surface area contributed by atoms with Crippen molar-refractivity contribution in [2.24, 2.45) is 5.73 Å². The fourth-order valence-electron chi connectivity index (χ4n) is 2.66. The molecule has 2 heterocycles. The highest BCUT2D eigenvalue weighted by atomic mass is 35.5. The van der Waals surface area contributed by atoms with Gasteiger partial charge in [0.15, 0.2) is 6.29 Å². The van der Waals surface area contributed by atoms with E-state index in [0.717, 1.165) is 0 Å². The number of hydrogen-bond donors (Lipinski definition) is 7. The monoisotopic (exact) mass is 359 g/mol. The van der Waals surface area contributed by atoms with Gasteiger partial charge in [-0.15, -0.1) is 11.6 Å². The lowest BCUT2D eigenvalue weighted by Crippen LogP contribution is -2.63. The highest BCUT2D eigenvalue weighted by Gasteiger charge is 2.57. The van der Waals surface area contributed by atoms with E-state index in [9.17, 15) is 25.5 Å². The minimum atomic E-state index is -1.92. The second-order valence-corrected chi connectivity index (χ2v) is 5.89. The smallest absolute Gasteiger partial charge is 0.212 e. The summed E-state index contributed by atoms with van der Waals surface area (Å²) in [6.45, 7) is -1.05. The van der Waals surface area contributed by atoms with Crippen LogP contribution in [0.15, 0.2) is 0 Å². The molecule has 9 atom stereocenters. The molecule has 2 saturated heterocycles. The Morgan fingerprint density at radius 3 is 2.13 bits per heavy atom. The number of ether oxygens (including phenoxy) is 3. The fourth-order valence-corrected chi connectivity index (χ4v) is 2.90. The van der Waals surface area contributed by atoms with Gasteiger partial charge in [0.1, 0.15) is 42.7 Å². The first-order chi connectivity index (χ1) is 10.8. The van der Waals surface area contributed by atoms with E-state index >= 15 is 0 Å². The molecule has 8 N–H and O–H groups in total. The lowest BCUT2D eigenvalue weighted by molar-refractivity contribution is -0.374. The molecule has 2 fully saturated rings. The van der Waals surface area contributed by atoms with E-state index in [-0.39, 0.29) is 5.88 Å². The van der Waals surface area contributed by atoms with Gasteiger partial charge in [0.05, 0.1) is 19.0 Å². The van der Waals surface area contributed by atoms with Crippen LogP contribution in [0.1, 0.15) is 0 Å². The number of nitrogens with two attached hydrogens (primary N) is 1. The van der Waals surface area contributed by atoms with Crippen LogP contribution >= 0.6 is 11.6 Å². The van der Waals surface area contributed by atoms with Crippen LogP contribution in [-0.2, 0) is 14.2 Å². The van der Waals surface area contributed by atoms with E-state index in [0.29, 0.717) is 0 Å². The van der Waals surface area contributed by atoms with Gasteiger partial charge in [0.2, 0.25) is 5.79 Å². The maximum absolute atomic E-state index is 10.1. The molecule has 23 heavy (non-hydrogen) atoms. The van der Waals surface area contributed by atoms with Crippen molar-refractivity contribution < 1.29 is 44.8 Å². The number of aliphatic hydroxyl groups excluding tert-OH is 6. The summed E-state index contributed by atoms with van der Waals surface area (Å²) < 4.78 is 16.0. The van der Waals surface area contributed by atoms with E-state index < -0.39 is 68.0 Å². The summed E-state index contributed by atoms with van der Waals surface area (Å²) in [5.41, 5.74) is 5.57. The Balaban J connectivity index is 2.18. The van der Waals surface area contributed by atoms with Crippen LogP contribution in [0.25, 0.3) is 0 Å². The average Bonchev–Trinajstić information content (AvgIpc) is 2.80. The largest absolute Gasteiger partial charge is 0.394 e. The van der Waals surface area contributed by atoms with Crippen LogP contribution in [0.2, 0.25) is 0 Å². The fraction of sp³-hybridized carbons (Fsp3) is 1.00. The Morgan fingerprint density at radius 2 is 1.65 bits per heavy atom. The third kappa shape index (κ3) is 3.34. The molecule has 136 valence electrons. The Bertz CT molecular complexity index is 403. The van der Waals surface area contributed by atoms with Gasteiger partial charge >= 0.3 is 0 Å². The van der Waals surface area contributed by atoms with Crippen molar-refractivity contribution in [3.63, 3.8) is 0 Å². The van der Waals surface area contributed by atoms with Crippen LogP contribution in [0.5, 0.6) is 0 Å². The molecule has 0 unspecified atom stereocenters. The van der Waals surface area contributed by atoms with E-state index in [4.69, 9.17) is 36.7 Å². The minimum Gasteiger partial charge on any atom is -0.394 e. The van der Waals surface area contributed by atoms with Crippen molar-refractivity contribution in [3.8, 4) is 0 Å². The second-order valence-electron chi connectivity index (χ2n) is 5.58. The third-order valence-electron chi connectivity index (χ3n) is 4.11. The number of alkyl halides is 1. The molecule has 0 radical (unpaired) electrons. The van der Waals surface area contributed by atoms with Gasteiger partial charge in [-0.2, -0.15) is 0 Å². The Hall–Kier alpha value is -0.110. The van der Waals surface area contributed by atoms with Gasteiger partial charge in [-0.05, 0) is 0 Å². The van der Waals surface area contributed by atoms with Crippen LogP contribution < -0.4 is 5.73 Å². The quantitative estimate of drug-likeness (QED) is 0.238. The lowest BCUT2D eigenvalue weighted by Gasteiger charge is -2.43. The zero-order valence-electron chi connectivity index (χ0n) is 12.1. The van der Waals surface area contributed by atoms with E-state index in [2.05, 4.69) is 0 Å². The average molecular weight is 360 g/mol. The molecule has 2 rings (SSSR count). The molecule has 0 aromatic carbocycles. The number of aliphatic hydroxyl groups is 6. The molecule has 0 amide bonds. The molecule has 11 heteroatoms. The molecule has 2 aliphatic heterocycles. The van der Waals surface area contributed by atoms with Gasteiger partial charge in [-0.3, -0.25) is 0 Å². The molecule has 0 saturated carbocycles. The summed E-state index contributed by atoms with van der Waals surface area (Å²) in [4.78, 5) is 0. The summed E-state index contributed by atoms with van der Waals surface area (Å²) >= 11 is 5.63. The summed E-state index contributed by atoms with van der Waals surface area (Å²) in [6.07, 6.45) is -11.6. The van der Waals surface area contributed by atoms with E-state index in [1.807, 2.05) is 0 Å². The normalized spacial score (nSPS) is 51.1. The predicted octanol–water partition coefficient (Wildman–Crippen LogP) is -4.18. The van der Waals surface area contributed by atoms with Crippen molar-refractivity contribution >= 4 is 11.6 Å². The summed E-state index contributed by atoms with van der Waals surface area (Å²) in [6, 6.07) is 0. The van der Waals surface area contributed by atoms with Gasteiger partial charge in [0.25, 0.3) is 0 Å². The number of hydrogen-bond acceptors (Lipinski definition) is 10. The molecule has 0 aromatic heterocycles. The maximum Gasteiger partial charge on any atom is 0.212 e. The molecule has 10 nitrogen and oxygen atoms in total. The first kappa shape index (κ1) is 19.2. The summed E-state index contributed by atoms with van der Waals surface area (Å²) in [5.74, 6) is -2.06. The first-order valence-electron chi connectivity index (χ1n) is 7.09. The topological polar surface area (TPSA) is 175 Å². The number of rotatable bonds is 5. The summed E-state index contributed by atoms with van der Waals surface area (Å²) in [7, 11) is 0. The number of halogens is 1. The summed E-state index contributed by atoms with van der Waals surface area (Å²) in [5, 5.41) is 58.6. The van der Waals surface area contributed by atoms with Gasteiger partial charge < -0.3 is 50.6 Å². The van der Waals surface area contributed by atoms with E-state index in [1.165, 1.54) is 0 Å². The minimum absolute atomic E-state index is 0.141. The molecular formula is C12H22ClNO9. The van der Waals surface area contributed by atoms with Gasteiger partial charge in [-0.25, -0.2) is 0 Å². The van der Waals surface area contributed by atoms with Crippen LogP contribution in [0.3, 0.4) is 0 Å². The molecule has 0 aliphatic carbocycles. The molecular weight excluding hydrogens is 338 g/mol. The zero-order valence-corrected chi connectivity index (χ0v) is 12.9. The lowest BCUT2D eigenvalue weighted by atomic mass is 9.99. The molecule has 0 spiro atoms.